The predicted octanol–water partition coefficient (Wildman–Crippen LogP) is 4.43. The minimum absolute atomic E-state index is 0.0120. The van der Waals surface area contributed by atoms with Crippen LogP contribution in [0.2, 0.25) is 0 Å². The molecule has 2 aromatic rings. The molecule has 1 fully saturated rings. The normalized spacial score (nSPS) is 17.0. The molecule has 2 aromatic carbocycles. The van der Waals surface area contributed by atoms with Crippen LogP contribution in [0.25, 0.3) is 0 Å². The van der Waals surface area contributed by atoms with Crippen molar-refractivity contribution in [2.75, 3.05) is 18.4 Å². The number of nitrogens with zero attached hydrogens (tertiary/aromatic N) is 1. The van der Waals surface area contributed by atoms with Crippen molar-refractivity contribution in [3.63, 3.8) is 0 Å². The van der Waals surface area contributed by atoms with Crippen molar-refractivity contribution in [3.8, 4) is 0 Å². The van der Waals surface area contributed by atoms with Crippen molar-refractivity contribution in [3.05, 3.63) is 64.7 Å². The lowest BCUT2D eigenvalue weighted by Gasteiger charge is -2.31. The first-order valence-electron chi connectivity index (χ1n) is 9.22. The number of likely N-dealkylation sites (tertiary alicyclic amines) is 1. The van der Waals surface area contributed by atoms with Gasteiger partial charge in [0.05, 0.1) is 0 Å². The van der Waals surface area contributed by atoms with Crippen LogP contribution in [-0.2, 0) is 0 Å². The van der Waals surface area contributed by atoms with Crippen molar-refractivity contribution in [1.82, 2.24) is 4.90 Å². The Morgan fingerprint density at radius 1 is 1.08 bits per heavy atom. The van der Waals surface area contributed by atoms with E-state index in [0.717, 1.165) is 36.3 Å². The van der Waals surface area contributed by atoms with Gasteiger partial charge in [-0.1, -0.05) is 25.1 Å². The van der Waals surface area contributed by atoms with Gasteiger partial charge in [-0.2, -0.15) is 0 Å². The summed E-state index contributed by atoms with van der Waals surface area (Å²) in [6, 6.07) is 12.8. The number of nitrogens with one attached hydrogen (secondary N) is 1. The highest BCUT2D eigenvalue weighted by Crippen LogP contribution is 2.21. The number of aryl methyl sites for hydroxylation is 1. The van der Waals surface area contributed by atoms with Crippen LogP contribution in [0.4, 0.5) is 5.69 Å². The van der Waals surface area contributed by atoms with Gasteiger partial charge in [0.1, 0.15) is 0 Å². The van der Waals surface area contributed by atoms with Crippen LogP contribution in [0.5, 0.6) is 0 Å². The average molecular weight is 350 g/mol. The topological polar surface area (TPSA) is 49.4 Å². The molecule has 1 N–H and O–H groups in total. The Hall–Kier alpha value is -2.62. The monoisotopic (exact) mass is 350 g/mol. The second kappa shape index (κ2) is 7.73. The van der Waals surface area contributed by atoms with E-state index in [0.29, 0.717) is 17.0 Å². The number of piperidine rings is 1. The molecule has 0 bridgehead atoms. The first-order valence-corrected chi connectivity index (χ1v) is 9.22. The lowest BCUT2D eigenvalue weighted by Crippen LogP contribution is -2.39. The van der Waals surface area contributed by atoms with Crippen molar-refractivity contribution < 1.29 is 9.59 Å². The molecule has 3 rings (SSSR count). The molecule has 1 heterocycles. The van der Waals surface area contributed by atoms with E-state index in [2.05, 4.69) is 12.2 Å². The lowest BCUT2D eigenvalue weighted by atomic mass is 9.99. The van der Waals surface area contributed by atoms with E-state index in [9.17, 15) is 9.59 Å². The molecule has 0 saturated carbocycles. The number of anilines is 1. The van der Waals surface area contributed by atoms with E-state index in [4.69, 9.17) is 0 Å². The third-order valence-corrected chi connectivity index (χ3v) is 5.17. The molecule has 1 saturated heterocycles. The minimum Gasteiger partial charge on any atom is -0.338 e. The van der Waals surface area contributed by atoms with E-state index in [-0.39, 0.29) is 11.8 Å². The van der Waals surface area contributed by atoms with Crippen LogP contribution in [0, 0.1) is 19.8 Å². The molecule has 0 aliphatic carbocycles. The van der Waals surface area contributed by atoms with Gasteiger partial charge in [0, 0.05) is 29.9 Å². The Kier molecular flexibility index (Phi) is 5.40. The van der Waals surface area contributed by atoms with E-state index >= 15 is 0 Å². The van der Waals surface area contributed by atoms with Gasteiger partial charge in [-0.3, -0.25) is 9.59 Å². The standard InChI is InChI=1S/C22H26N2O2/c1-15-7-6-12-24(14-15)22(26)19-10-5-9-18(13-19)21(25)23-20-11-4-8-16(2)17(20)3/h4-5,8-11,13,15H,6-7,12,14H2,1-3H3,(H,23,25). The Bertz CT molecular complexity index is 829. The molecule has 1 aliphatic rings. The molecule has 1 aliphatic heterocycles. The third-order valence-electron chi connectivity index (χ3n) is 5.17. The number of benzene rings is 2. The van der Waals surface area contributed by atoms with E-state index < -0.39 is 0 Å². The summed E-state index contributed by atoms with van der Waals surface area (Å²) < 4.78 is 0. The number of rotatable bonds is 3. The van der Waals surface area contributed by atoms with Gasteiger partial charge < -0.3 is 10.2 Å². The fraction of sp³-hybridized carbons (Fsp3) is 0.364. The largest absolute Gasteiger partial charge is 0.338 e. The Labute approximate surface area is 155 Å². The summed E-state index contributed by atoms with van der Waals surface area (Å²) >= 11 is 0. The number of carbonyl (C=O) groups excluding carboxylic acids is 2. The minimum atomic E-state index is -0.194. The quantitative estimate of drug-likeness (QED) is 0.890. The highest BCUT2D eigenvalue weighted by Gasteiger charge is 2.22. The molecule has 0 aromatic heterocycles. The summed E-state index contributed by atoms with van der Waals surface area (Å²) in [4.78, 5) is 27.3. The summed E-state index contributed by atoms with van der Waals surface area (Å²) in [5, 5.41) is 2.96. The molecule has 1 unspecified atom stereocenters. The van der Waals surface area contributed by atoms with E-state index in [1.807, 2.05) is 36.9 Å². The fourth-order valence-electron chi connectivity index (χ4n) is 3.43. The second-order valence-electron chi connectivity index (χ2n) is 7.28. The van der Waals surface area contributed by atoms with Gasteiger partial charge in [0.15, 0.2) is 0 Å². The van der Waals surface area contributed by atoms with Gasteiger partial charge in [-0.15, -0.1) is 0 Å². The molecular weight excluding hydrogens is 324 g/mol. The molecular formula is C22H26N2O2. The Morgan fingerprint density at radius 3 is 2.58 bits per heavy atom. The van der Waals surface area contributed by atoms with Crippen LogP contribution < -0.4 is 5.32 Å². The second-order valence-corrected chi connectivity index (χ2v) is 7.28. The van der Waals surface area contributed by atoms with Crippen molar-refractivity contribution >= 4 is 17.5 Å². The van der Waals surface area contributed by atoms with Crippen LogP contribution in [0.15, 0.2) is 42.5 Å². The smallest absolute Gasteiger partial charge is 0.255 e. The van der Waals surface area contributed by atoms with E-state index in [1.54, 1.807) is 24.3 Å². The van der Waals surface area contributed by atoms with Crippen molar-refractivity contribution in [2.45, 2.75) is 33.6 Å². The fourth-order valence-corrected chi connectivity index (χ4v) is 3.43. The Balaban J connectivity index is 1.77. The maximum atomic E-state index is 12.8. The molecule has 4 heteroatoms. The first kappa shape index (κ1) is 18.2. The van der Waals surface area contributed by atoms with Crippen LogP contribution in [0.3, 0.4) is 0 Å². The summed E-state index contributed by atoms with van der Waals surface area (Å²) in [7, 11) is 0. The third kappa shape index (κ3) is 3.96. The number of hydrogen-bond donors (Lipinski definition) is 1. The zero-order valence-corrected chi connectivity index (χ0v) is 15.7. The molecule has 26 heavy (non-hydrogen) atoms. The first-order chi connectivity index (χ1) is 12.5. The number of amides is 2. The highest BCUT2D eigenvalue weighted by atomic mass is 16.2. The van der Waals surface area contributed by atoms with E-state index in [1.165, 1.54) is 6.42 Å². The number of hydrogen-bond acceptors (Lipinski definition) is 2. The highest BCUT2D eigenvalue weighted by molar-refractivity contribution is 6.06. The van der Waals surface area contributed by atoms with Crippen LogP contribution >= 0.6 is 0 Å². The van der Waals surface area contributed by atoms with Gasteiger partial charge in [-0.05, 0) is 68.0 Å². The van der Waals surface area contributed by atoms with Crippen molar-refractivity contribution in [1.29, 1.82) is 0 Å². The molecule has 0 spiro atoms. The molecule has 1 atom stereocenters. The summed E-state index contributed by atoms with van der Waals surface area (Å²) in [6.07, 6.45) is 2.21. The van der Waals surface area contributed by atoms with Gasteiger partial charge in [0.25, 0.3) is 11.8 Å². The van der Waals surface area contributed by atoms with Gasteiger partial charge >= 0.3 is 0 Å². The lowest BCUT2D eigenvalue weighted by molar-refractivity contribution is 0.0683. The maximum Gasteiger partial charge on any atom is 0.255 e. The Morgan fingerprint density at radius 2 is 1.81 bits per heavy atom. The van der Waals surface area contributed by atoms with Crippen LogP contribution in [0.1, 0.15) is 51.6 Å². The molecule has 4 nitrogen and oxygen atoms in total. The SMILES string of the molecule is Cc1cccc(NC(=O)c2cccc(C(=O)N3CCCC(C)C3)c2)c1C. The van der Waals surface area contributed by atoms with Crippen LogP contribution in [-0.4, -0.2) is 29.8 Å². The maximum absolute atomic E-state index is 12.8. The summed E-state index contributed by atoms with van der Waals surface area (Å²) in [6.45, 7) is 7.76. The predicted molar refractivity (Wildman–Crippen MR) is 105 cm³/mol. The van der Waals surface area contributed by atoms with Crippen molar-refractivity contribution in [2.24, 2.45) is 5.92 Å². The van der Waals surface area contributed by atoms with Gasteiger partial charge in [-0.25, -0.2) is 0 Å². The molecule has 136 valence electrons. The van der Waals surface area contributed by atoms with Gasteiger partial charge in [0.2, 0.25) is 0 Å². The zero-order chi connectivity index (χ0) is 18.7. The molecule has 0 radical (unpaired) electrons. The zero-order valence-electron chi connectivity index (χ0n) is 15.7. The summed E-state index contributed by atoms with van der Waals surface area (Å²) in [5.74, 6) is 0.349. The molecule has 2 amide bonds. The number of carbonyl (C=O) groups is 2. The summed E-state index contributed by atoms with van der Waals surface area (Å²) in [5.41, 5.74) is 4.06. The average Bonchev–Trinajstić information content (AvgIpc) is 2.65.